The molecule has 0 fully saturated rings. The van der Waals surface area contributed by atoms with Gasteiger partial charge >= 0.3 is 5.97 Å². The number of esters is 1. The van der Waals surface area contributed by atoms with E-state index in [9.17, 15) is 9.59 Å². The van der Waals surface area contributed by atoms with Gasteiger partial charge in [0, 0.05) is 21.5 Å². The van der Waals surface area contributed by atoms with Gasteiger partial charge in [0.1, 0.15) is 16.3 Å². The molecular weight excluding hydrogens is 457 g/mol. The Morgan fingerprint density at radius 3 is 2.65 bits per heavy atom. The Hall–Kier alpha value is -2.28. The van der Waals surface area contributed by atoms with Crippen LogP contribution in [0.25, 0.3) is 10.1 Å². The minimum absolute atomic E-state index is 0.194. The molecule has 0 atom stereocenters. The number of carbonyl (C=O) groups is 2. The van der Waals surface area contributed by atoms with Gasteiger partial charge in [-0.2, -0.15) is 0 Å². The lowest BCUT2D eigenvalue weighted by atomic mass is 10.1. The first-order valence-electron chi connectivity index (χ1n) is 10.1. The maximum Gasteiger partial charge on any atom is 0.341 e. The van der Waals surface area contributed by atoms with Crippen molar-refractivity contribution in [2.24, 2.45) is 0 Å². The van der Waals surface area contributed by atoms with Gasteiger partial charge in [0.15, 0.2) is 0 Å². The summed E-state index contributed by atoms with van der Waals surface area (Å²) >= 11 is 13.3. The van der Waals surface area contributed by atoms with Gasteiger partial charge < -0.3 is 14.8 Å². The number of nitrogens with one attached hydrogen (secondary N) is 1. The number of hydrogen-bond donors (Lipinski definition) is 1. The summed E-state index contributed by atoms with van der Waals surface area (Å²) in [4.78, 5) is 25.2. The van der Waals surface area contributed by atoms with Crippen molar-refractivity contribution in [3.63, 3.8) is 0 Å². The monoisotopic (exact) mass is 479 g/mol. The van der Waals surface area contributed by atoms with Crippen LogP contribution in [0.2, 0.25) is 10.0 Å². The summed E-state index contributed by atoms with van der Waals surface area (Å²) in [6.07, 6.45) is 2.47. The minimum Gasteiger partial charge on any atom is -0.492 e. The fourth-order valence-electron chi connectivity index (χ4n) is 2.91. The van der Waals surface area contributed by atoms with E-state index in [-0.39, 0.29) is 12.3 Å². The first-order chi connectivity index (χ1) is 15.0. The van der Waals surface area contributed by atoms with E-state index in [2.05, 4.69) is 5.32 Å². The number of halogens is 2. The predicted octanol–water partition coefficient (Wildman–Crippen LogP) is 6.96. The van der Waals surface area contributed by atoms with Crippen molar-refractivity contribution in [3.8, 4) is 5.75 Å². The maximum absolute atomic E-state index is 12.7. The van der Waals surface area contributed by atoms with Crippen LogP contribution in [0.5, 0.6) is 5.75 Å². The average Bonchev–Trinajstić information content (AvgIpc) is 3.10. The van der Waals surface area contributed by atoms with E-state index in [1.54, 1.807) is 18.2 Å². The molecule has 0 aliphatic rings. The molecule has 31 heavy (non-hydrogen) atoms. The molecule has 3 aromatic rings. The van der Waals surface area contributed by atoms with Gasteiger partial charge in [-0.3, -0.25) is 4.79 Å². The fourth-order valence-corrected chi connectivity index (χ4v) is 4.48. The number of thiophene rings is 1. The Labute approximate surface area is 195 Å². The van der Waals surface area contributed by atoms with Crippen molar-refractivity contribution in [1.82, 2.24) is 0 Å². The molecule has 5 nitrogen and oxygen atoms in total. The van der Waals surface area contributed by atoms with Crippen LogP contribution in [-0.4, -0.2) is 25.1 Å². The van der Waals surface area contributed by atoms with Crippen LogP contribution in [-0.2, 0) is 9.53 Å². The number of ether oxygens (including phenoxy) is 2. The number of benzene rings is 2. The molecule has 8 heteroatoms. The molecule has 2 aromatic carbocycles. The molecule has 1 N–H and O–H groups in total. The summed E-state index contributed by atoms with van der Waals surface area (Å²) in [7, 11) is 0. The zero-order valence-corrected chi connectivity index (χ0v) is 19.4. The van der Waals surface area contributed by atoms with Crippen LogP contribution in [0.4, 0.5) is 5.00 Å². The molecule has 1 heterocycles. The van der Waals surface area contributed by atoms with Crippen molar-refractivity contribution in [2.75, 3.05) is 18.5 Å². The van der Waals surface area contributed by atoms with Crippen molar-refractivity contribution in [1.29, 1.82) is 0 Å². The van der Waals surface area contributed by atoms with Crippen molar-refractivity contribution >= 4 is 61.5 Å². The largest absolute Gasteiger partial charge is 0.492 e. The van der Waals surface area contributed by atoms with Crippen LogP contribution in [0.1, 0.15) is 43.0 Å². The topological polar surface area (TPSA) is 64.6 Å². The molecule has 3 rings (SSSR count). The Morgan fingerprint density at radius 1 is 1.06 bits per heavy atom. The molecule has 0 unspecified atom stereocenters. The van der Waals surface area contributed by atoms with Crippen molar-refractivity contribution < 1.29 is 19.1 Å². The SMILES string of the molecule is CCCCOC(=O)c1c(NC(=O)CCCOc2ccc(Cl)cc2Cl)sc2ccccc12. The van der Waals surface area contributed by atoms with E-state index < -0.39 is 5.97 Å². The third-order valence-corrected chi connectivity index (χ3v) is 6.10. The maximum atomic E-state index is 12.7. The van der Waals surface area contributed by atoms with Gasteiger partial charge in [-0.15, -0.1) is 11.3 Å². The van der Waals surface area contributed by atoms with Crippen LogP contribution in [0.3, 0.4) is 0 Å². The molecule has 0 radical (unpaired) electrons. The van der Waals surface area contributed by atoms with Crippen LogP contribution >= 0.6 is 34.5 Å². The molecule has 0 saturated heterocycles. The molecule has 0 bridgehead atoms. The summed E-state index contributed by atoms with van der Waals surface area (Å²) in [6.45, 7) is 2.72. The molecule has 1 amide bonds. The highest BCUT2D eigenvalue weighted by molar-refractivity contribution is 7.23. The first-order valence-corrected chi connectivity index (χ1v) is 11.6. The lowest BCUT2D eigenvalue weighted by Crippen LogP contribution is -2.15. The van der Waals surface area contributed by atoms with E-state index in [1.807, 2.05) is 31.2 Å². The molecule has 0 aliphatic heterocycles. The van der Waals surface area contributed by atoms with E-state index in [0.717, 1.165) is 22.9 Å². The van der Waals surface area contributed by atoms with E-state index in [1.165, 1.54) is 11.3 Å². The Bertz CT molecular complexity index is 1070. The summed E-state index contributed by atoms with van der Waals surface area (Å²) < 4.78 is 11.9. The minimum atomic E-state index is -0.415. The van der Waals surface area contributed by atoms with Crippen molar-refractivity contribution in [2.45, 2.75) is 32.6 Å². The normalized spacial score (nSPS) is 10.8. The number of anilines is 1. The van der Waals surface area contributed by atoms with E-state index in [4.69, 9.17) is 32.7 Å². The lowest BCUT2D eigenvalue weighted by molar-refractivity contribution is -0.116. The number of unbranched alkanes of at least 4 members (excludes halogenated alkanes) is 1. The highest BCUT2D eigenvalue weighted by Crippen LogP contribution is 2.36. The molecule has 0 spiro atoms. The summed E-state index contributed by atoms with van der Waals surface area (Å²) in [5.41, 5.74) is 0.411. The second-order valence-corrected chi connectivity index (χ2v) is 8.76. The quantitative estimate of drug-likeness (QED) is 0.252. The number of carbonyl (C=O) groups excluding carboxylic acids is 2. The summed E-state index contributed by atoms with van der Waals surface area (Å²) in [6, 6.07) is 12.5. The fraction of sp³-hybridized carbons (Fsp3) is 0.304. The zero-order valence-electron chi connectivity index (χ0n) is 17.1. The number of fused-ring (bicyclic) bond motifs is 1. The Kier molecular flexibility index (Phi) is 8.58. The third kappa shape index (κ3) is 6.35. The molecule has 164 valence electrons. The first kappa shape index (κ1) is 23.4. The number of rotatable bonds is 10. The summed E-state index contributed by atoms with van der Waals surface area (Å²) in [5.74, 6) is -0.0880. The van der Waals surface area contributed by atoms with Gasteiger partial charge in [-0.25, -0.2) is 4.79 Å². The van der Waals surface area contributed by atoms with E-state index >= 15 is 0 Å². The van der Waals surface area contributed by atoms with Crippen molar-refractivity contribution in [3.05, 3.63) is 58.1 Å². The second kappa shape index (κ2) is 11.4. The zero-order chi connectivity index (χ0) is 22.2. The molecule has 0 saturated carbocycles. The molecule has 0 aliphatic carbocycles. The highest BCUT2D eigenvalue weighted by atomic mass is 35.5. The number of amides is 1. The standard InChI is InChI=1S/C23H23Cl2NO4S/c1-2-3-12-30-23(28)21-16-7-4-5-8-19(16)31-22(21)26-20(27)9-6-13-29-18-11-10-15(24)14-17(18)25/h4-5,7-8,10-11,14H,2-3,6,9,12-13H2,1H3,(H,26,27). The van der Waals surface area contributed by atoms with Crippen LogP contribution in [0, 0.1) is 0 Å². The van der Waals surface area contributed by atoms with Crippen LogP contribution in [0.15, 0.2) is 42.5 Å². The second-order valence-electron chi connectivity index (χ2n) is 6.87. The van der Waals surface area contributed by atoms with Crippen LogP contribution < -0.4 is 10.1 Å². The van der Waals surface area contributed by atoms with E-state index in [0.29, 0.717) is 46.0 Å². The summed E-state index contributed by atoms with van der Waals surface area (Å²) in [5, 5.41) is 5.12. The van der Waals surface area contributed by atoms with Gasteiger partial charge in [-0.05, 0) is 37.1 Å². The van der Waals surface area contributed by atoms with Gasteiger partial charge in [-0.1, -0.05) is 54.7 Å². The molecular formula is C23H23Cl2NO4S. The van der Waals surface area contributed by atoms with Gasteiger partial charge in [0.05, 0.1) is 18.2 Å². The van der Waals surface area contributed by atoms with Gasteiger partial charge in [0.2, 0.25) is 5.91 Å². The smallest absolute Gasteiger partial charge is 0.341 e. The third-order valence-electron chi connectivity index (χ3n) is 4.48. The Balaban J connectivity index is 1.60. The predicted molar refractivity (Wildman–Crippen MR) is 127 cm³/mol. The van der Waals surface area contributed by atoms with Gasteiger partial charge in [0.25, 0.3) is 0 Å². The molecule has 1 aromatic heterocycles. The lowest BCUT2D eigenvalue weighted by Gasteiger charge is -2.09. The average molecular weight is 480 g/mol. The number of hydrogen-bond acceptors (Lipinski definition) is 5. The Morgan fingerprint density at radius 2 is 1.87 bits per heavy atom. The highest BCUT2D eigenvalue weighted by Gasteiger charge is 2.21.